The van der Waals surface area contributed by atoms with Gasteiger partial charge >= 0.3 is 0 Å². The zero-order valence-electron chi connectivity index (χ0n) is 12.4. The number of hydrogen-bond donors (Lipinski definition) is 2. The summed E-state index contributed by atoms with van der Waals surface area (Å²) < 4.78 is 27.6. The van der Waals surface area contributed by atoms with Crippen molar-refractivity contribution in [3.05, 3.63) is 23.8 Å². The summed E-state index contributed by atoms with van der Waals surface area (Å²) in [7, 11) is -1.33. The molecule has 0 aliphatic carbocycles. The van der Waals surface area contributed by atoms with E-state index in [0.717, 1.165) is 44.6 Å². The Morgan fingerprint density at radius 3 is 3.05 bits per heavy atom. The second kappa shape index (κ2) is 5.94. The zero-order chi connectivity index (χ0) is 14.9. The van der Waals surface area contributed by atoms with E-state index in [2.05, 4.69) is 22.0 Å². The predicted molar refractivity (Wildman–Crippen MR) is 84.0 cm³/mol. The minimum absolute atomic E-state index is 0.363. The first-order valence-corrected chi connectivity index (χ1v) is 9.08. The van der Waals surface area contributed by atoms with Gasteiger partial charge in [0.25, 0.3) is 0 Å². The molecule has 21 heavy (non-hydrogen) atoms. The van der Waals surface area contributed by atoms with E-state index >= 15 is 0 Å². The smallest absolute Gasteiger partial charge is 0.240 e. The number of hydrogen-bond acceptors (Lipinski definition) is 4. The third-order valence-corrected chi connectivity index (χ3v) is 5.80. The highest BCUT2D eigenvalue weighted by Crippen LogP contribution is 2.25. The summed E-state index contributed by atoms with van der Waals surface area (Å²) in [5, 5.41) is 3.28. The van der Waals surface area contributed by atoms with Crippen molar-refractivity contribution in [1.82, 2.24) is 9.62 Å². The van der Waals surface area contributed by atoms with Gasteiger partial charge in [0, 0.05) is 25.3 Å². The van der Waals surface area contributed by atoms with E-state index in [-0.39, 0.29) is 0 Å². The van der Waals surface area contributed by atoms with Gasteiger partial charge in [-0.15, -0.1) is 0 Å². The maximum absolute atomic E-state index is 12.4. The van der Waals surface area contributed by atoms with Crippen molar-refractivity contribution in [3.63, 3.8) is 0 Å². The highest BCUT2D eigenvalue weighted by molar-refractivity contribution is 7.89. The van der Waals surface area contributed by atoms with Crippen LogP contribution in [0.25, 0.3) is 0 Å². The van der Waals surface area contributed by atoms with Crippen LogP contribution < -0.4 is 10.0 Å². The molecular weight excluding hydrogens is 286 g/mol. The summed E-state index contributed by atoms with van der Waals surface area (Å²) in [4.78, 5) is 2.60. The number of likely N-dealkylation sites (tertiary alicyclic amines) is 1. The first kappa shape index (κ1) is 14.8. The zero-order valence-corrected chi connectivity index (χ0v) is 13.2. The molecule has 0 amide bonds. The van der Waals surface area contributed by atoms with Crippen LogP contribution in [0.3, 0.4) is 0 Å². The summed E-state index contributed by atoms with van der Waals surface area (Å²) in [6.45, 7) is 3.46. The molecule has 1 aromatic rings. The van der Waals surface area contributed by atoms with E-state index in [1.807, 2.05) is 6.07 Å². The lowest BCUT2D eigenvalue weighted by molar-refractivity contribution is 0.394. The topological polar surface area (TPSA) is 61.4 Å². The van der Waals surface area contributed by atoms with Crippen LogP contribution in [0, 0.1) is 5.92 Å². The third-order valence-electron chi connectivity index (χ3n) is 4.38. The standard InChI is InChI=1S/C15H23N3O2S/c1-18-8-6-12(11-18)10-17-21(19,20)14-5-4-13-3-2-7-16-15(13)9-14/h4-5,9,12,16-17H,2-3,6-8,10-11H2,1H3. The second-order valence-electron chi connectivity index (χ2n) is 6.12. The SMILES string of the molecule is CN1CCC(CNS(=O)(=O)c2ccc3c(c2)NCCC3)C1. The molecule has 2 heterocycles. The lowest BCUT2D eigenvalue weighted by Crippen LogP contribution is -2.30. The maximum Gasteiger partial charge on any atom is 0.240 e. The van der Waals surface area contributed by atoms with Crippen molar-refractivity contribution in [2.75, 3.05) is 38.5 Å². The van der Waals surface area contributed by atoms with Crippen LogP contribution >= 0.6 is 0 Å². The van der Waals surface area contributed by atoms with Gasteiger partial charge in [-0.1, -0.05) is 6.07 Å². The lowest BCUT2D eigenvalue weighted by atomic mass is 10.0. The summed E-state index contributed by atoms with van der Waals surface area (Å²) in [6.07, 6.45) is 3.18. The Balaban J connectivity index is 1.69. The van der Waals surface area contributed by atoms with Crippen molar-refractivity contribution in [2.24, 2.45) is 5.92 Å². The van der Waals surface area contributed by atoms with Crippen molar-refractivity contribution < 1.29 is 8.42 Å². The molecule has 2 aliphatic heterocycles. The lowest BCUT2D eigenvalue weighted by Gasteiger charge is -2.19. The minimum Gasteiger partial charge on any atom is -0.385 e. The van der Waals surface area contributed by atoms with Crippen LogP contribution in [0.5, 0.6) is 0 Å². The molecule has 1 fully saturated rings. The summed E-state index contributed by atoms with van der Waals surface area (Å²) in [5.41, 5.74) is 2.17. The van der Waals surface area contributed by atoms with Gasteiger partial charge in [-0.3, -0.25) is 0 Å². The largest absolute Gasteiger partial charge is 0.385 e. The Morgan fingerprint density at radius 1 is 1.43 bits per heavy atom. The van der Waals surface area contributed by atoms with Gasteiger partial charge in [0.05, 0.1) is 4.90 Å². The Kier molecular flexibility index (Phi) is 4.19. The highest BCUT2D eigenvalue weighted by atomic mass is 32.2. The number of anilines is 1. The monoisotopic (exact) mass is 309 g/mol. The normalized spacial score (nSPS) is 22.8. The van der Waals surface area contributed by atoms with Crippen molar-refractivity contribution >= 4 is 15.7 Å². The van der Waals surface area contributed by atoms with Gasteiger partial charge in [0.2, 0.25) is 10.0 Å². The Labute approximate surface area is 126 Å². The molecule has 116 valence electrons. The molecule has 0 bridgehead atoms. The van der Waals surface area contributed by atoms with Crippen LogP contribution in [-0.4, -0.2) is 46.5 Å². The third kappa shape index (κ3) is 3.39. The number of aryl methyl sites for hydroxylation is 1. The van der Waals surface area contributed by atoms with E-state index in [4.69, 9.17) is 0 Å². The van der Waals surface area contributed by atoms with Crippen LogP contribution in [0.1, 0.15) is 18.4 Å². The second-order valence-corrected chi connectivity index (χ2v) is 7.89. The average molecular weight is 309 g/mol. The van der Waals surface area contributed by atoms with Crippen LogP contribution in [0.2, 0.25) is 0 Å². The van der Waals surface area contributed by atoms with E-state index in [1.54, 1.807) is 12.1 Å². The fraction of sp³-hybridized carbons (Fsp3) is 0.600. The first-order chi connectivity index (χ1) is 10.0. The molecular formula is C15H23N3O2S. The minimum atomic E-state index is -3.41. The molecule has 1 unspecified atom stereocenters. The van der Waals surface area contributed by atoms with Gasteiger partial charge < -0.3 is 10.2 Å². The number of nitrogens with one attached hydrogen (secondary N) is 2. The summed E-state index contributed by atoms with van der Waals surface area (Å²) in [6, 6.07) is 5.41. The molecule has 6 heteroatoms. The molecule has 0 radical (unpaired) electrons. The van der Waals surface area contributed by atoms with Crippen LogP contribution in [0.4, 0.5) is 5.69 Å². The Hall–Kier alpha value is -1.11. The first-order valence-electron chi connectivity index (χ1n) is 7.59. The van der Waals surface area contributed by atoms with Gasteiger partial charge in [-0.05, 0) is 56.5 Å². The fourth-order valence-corrected chi connectivity index (χ4v) is 4.25. The van der Waals surface area contributed by atoms with E-state index in [0.29, 0.717) is 17.4 Å². The Morgan fingerprint density at radius 2 is 2.29 bits per heavy atom. The molecule has 1 saturated heterocycles. The average Bonchev–Trinajstić information content (AvgIpc) is 2.90. The van der Waals surface area contributed by atoms with Gasteiger partial charge in [0.1, 0.15) is 0 Å². The molecule has 0 saturated carbocycles. The molecule has 5 nitrogen and oxygen atoms in total. The number of rotatable bonds is 4. The molecule has 1 atom stereocenters. The molecule has 2 aliphatic rings. The summed E-state index contributed by atoms with van der Waals surface area (Å²) in [5.74, 6) is 0.417. The number of fused-ring (bicyclic) bond motifs is 1. The molecule has 1 aromatic carbocycles. The molecule has 2 N–H and O–H groups in total. The van der Waals surface area contributed by atoms with E-state index in [1.165, 1.54) is 5.56 Å². The molecule has 3 rings (SSSR count). The van der Waals surface area contributed by atoms with Crippen LogP contribution in [-0.2, 0) is 16.4 Å². The number of nitrogens with zero attached hydrogens (tertiary/aromatic N) is 1. The fourth-order valence-electron chi connectivity index (χ4n) is 3.11. The van der Waals surface area contributed by atoms with Gasteiger partial charge in [-0.2, -0.15) is 0 Å². The van der Waals surface area contributed by atoms with Crippen molar-refractivity contribution in [3.8, 4) is 0 Å². The van der Waals surface area contributed by atoms with E-state index in [9.17, 15) is 8.42 Å². The highest BCUT2D eigenvalue weighted by Gasteiger charge is 2.23. The van der Waals surface area contributed by atoms with Gasteiger partial charge in [0.15, 0.2) is 0 Å². The molecule has 0 aromatic heterocycles. The van der Waals surface area contributed by atoms with Crippen molar-refractivity contribution in [2.45, 2.75) is 24.2 Å². The molecule has 0 spiro atoms. The van der Waals surface area contributed by atoms with Crippen molar-refractivity contribution in [1.29, 1.82) is 0 Å². The quantitative estimate of drug-likeness (QED) is 0.879. The maximum atomic E-state index is 12.4. The Bertz CT molecular complexity index is 615. The van der Waals surface area contributed by atoms with E-state index < -0.39 is 10.0 Å². The predicted octanol–water partition coefficient (Wildman–Crippen LogP) is 1.27. The summed E-state index contributed by atoms with van der Waals surface area (Å²) >= 11 is 0. The van der Waals surface area contributed by atoms with Gasteiger partial charge in [-0.25, -0.2) is 13.1 Å². The number of sulfonamides is 1. The van der Waals surface area contributed by atoms with Crippen LogP contribution in [0.15, 0.2) is 23.1 Å². The number of benzene rings is 1.